The van der Waals surface area contributed by atoms with Crippen molar-refractivity contribution in [2.45, 2.75) is 13.8 Å². The minimum absolute atomic E-state index is 0.551. The number of nitrogens with zero attached hydrogens (tertiary/aromatic N) is 2. The zero-order valence-corrected chi connectivity index (χ0v) is 7.16. The maximum absolute atomic E-state index is 10.1. The second-order valence-corrected chi connectivity index (χ2v) is 1.61. The first-order valence-electron chi connectivity index (χ1n) is 2.91. The minimum atomic E-state index is -1.75. The van der Waals surface area contributed by atoms with Crippen molar-refractivity contribution in [3.8, 4) is 0 Å². The summed E-state index contributed by atoms with van der Waals surface area (Å²) in [6.07, 6.45) is 0. The molecule has 0 aromatic heterocycles. The van der Waals surface area contributed by atoms with Gasteiger partial charge >= 0.3 is 17.0 Å². The van der Waals surface area contributed by atoms with Gasteiger partial charge in [-0.2, -0.15) is 0 Å². The Labute approximate surface area is 76.6 Å². The highest BCUT2D eigenvalue weighted by atomic mass is 17.0. The third-order valence-corrected chi connectivity index (χ3v) is 0.406. The van der Waals surface area contributed by atoms with Gasteiger partial charge in [-0.3, -0.25) is 0 Å². The van der Waals surface area contributed by atoms with E-state index in [9.17, 15) is 14.5 Å². The second kappa shape index (κ2) is 7.39. The standard InChI is InChI=1S/C4H6NO5.NO3/c1-3(6)9-5(8)10-4(2)7;2-1(3)4/h1-2H3;/q+1;-1. The Morgan fingerprint density at radius 3 is 1.36 bits per heavy atom. The van der Waals surface area contributed by atoms with E-state index in [0.29, 0.717) is 0 Å². The summed E-state index contributed by atoms with van der Waals surface area (Å²) in [5.41, 5.74) is 0. The third kappa shape index (κ3) is 22.6. The summed E-state index contributed by atoms with van der Waals surface area (Å²) in [5.74, 6) is -1.70. The molecule has 0 N–H and O–H groups in total. The van der Waals surface area contributed by atoms with Gasteiger partial charge in [-0.15, -0.1) is 9.68 Å². The molecule has 10 heteroatoms. The van der Waals surface area contributed by atoms with Gasteiger partial charge in [-0.25, -0.2) is 9.59 Å². The van der Waals surface area contributed by atoms with E-state index in [2.05, 4.69) is 9.68 Å². The van der Waals surface area contributed by atoms with Crippen molar-refractivity contribution in [3.05, 3.63) is 20.2 Å². The maximum atomic E-state index is 10.1. The van der Waals surface area contributed by atoms with Crippen LogP contribution in [-0.4, -0.2) is 22.1 Å². The molecule has 0 aliphatic rings. The summed E-state index contributed by atoms with van der Waals surface area (Å²) in [7, 11) is 0. The fourth-order valence-corrected chi connectivity index (χ4v) is 0.229. The maximum Gasteiger partial charge on any atom is 0.495 e. The molecule has 0 aromatic carbocycles. The van der Waals surface area contributed by atoms with Gasteiger partial charge in [0.25, 0.3) is 0 Å². The minimum Gasteiger partial charge on any atom is -0.356 e. The summed E-state index contributed by atoms with van der Waals surface area (Å²) in [5, 5.41) is 14.2. The van der Waals surface area contributed by atoms with Crippen LogP contribution < -0.4 is 0 Å². The number of carbonyl (C=O) groups is 2. The molecule has 0 bridgehead atoms. The monoisotopic (exact) mass is 210 g/mol. The highest BCUT2D eigenvalue weighted by molar-refractivity contribution is 5.66. The quantitative estimate of drug-likeness (QED) is 0.438. The number of carbonyl (C=O) groups excluding carboxylic acids is 2. The van der Waals surface area contributed by atoms with E-state index in [-0.39, 0.29) is 0 Å². The summed E-state index contributed by atoms with van der Waals surface area (Å²) >= 11 is 0. The van der Waals surface area contributed by atoms with E-state index in [0.717, 1.165) is 13.8 Å². The molecule has 0 saturated carbocycles. The van der Waals surface area contributed by atoms with Crippen molar-refractivity contribution in [2.75, 3.05) is 0 Å². The van der Waals surface area contributed by atoms with Crippen LogP contribution in [0, 0.1) is 20.2 Å². The highest BCUT2D eigenvalue weighted by Crippen LogP contribution is 1.82. The molecule has 0 fully saturated rings. The molecule has 0 radical (unpaired) electrons. The highest BCUT2D eigenvalue weighted by Gasteiger charge is 2.18. The van der Waals surface area contributed by atoms with Gasteiger partial charge in [0.2, 0.25) is 0 Å². The predicted octanol–water partition coefficient (Wildman–Crippen LogP) is -0.518. The Morgan fingerprint density at radius 1 is 1.00 bits per heavy atom. The topological polar surface area (TPSA) is 139 Å². The molecule has 0 rings (SSSR count). The van der Waals surface area contributed by atoms with Crippen LogP contribution in [0.1, 0.15) is 13.8 Å². The first kappa shape index (κ1) is 14.3. The molecule has 0 aliphatic heterocycles. The van der Waals surface area contributed by atoms with E-state index in [1.807, 2.05) is 0 Å². The van der Waals surface area contributed by atoms with Crippen molar-refractivity contribution in [3.63, 3.8) is 0 Å². The largest absolute Gasteiger partial charge is 0.495 e. The lowest BCUT2D eigenvalue weighted by atomic mass is 10.8. The zero-order valence-electron chi connectivity index (χ0n) is 7.16. The number of hydrogen-bond acceptors (Lipinski definition) is 8. The van der Waals surface area contributed by atoms with Crippen molar-refractivity contribution in [1.29, 1.82) is 0 Å². The third-order valence-electron chi connectivity index (χ3n) is 0.406. The van der Waals surface area contributed by atoms with Gasteiger partial charge in [0, 0.05) is 13.8 Å². The first-order chi connectivity index (χ1) is 6.25. The van der Waals surface area contributed by atoms with Crippen LogP contribution in [0.5, 0.6) is 0 Å². The average Bonchev–Trinajstić information content (AvgIpc) is 1.79. The summed E-state index contributed by atoms with van der Waals surface area (Å²) in [6, 6.07) is 0. The molecule has 80 valence electrons. The molecule has 14 heavy (non-hydrogen) atoms. The van der Waals surface area contributed by atoms with Gasteiger partial charge < -0.3 is 15.3 Å². The van der Waals surface area contributed by atoms with E-state index in [1.54, 1.807) is 0 Å². The van der Waals surface area contributed by atoms with Crippen molar-refractivity contribution in [1.82, 2.24) is 0 Å². The molecule has 0 atom stereocenters. The normalized spacial score (nSPS) is 7.57. The van der Waals surface area contributed by atoms with Crippen LogP contribution >= 0.6 is 0 Å². The van der Waals surface area contributed by atoms with Crippen molar-refractivity contribution in [2.24, 2.45) is 0 Å². The van der Waals surface area contributed by atoms with Crippen LogP contribution in [0.15, 0.2) is 0 Å². The average molecular weight is 210 g/mol. The lowest BCUT2D eigenvalue weighted by molar-refractivity contribution is -0.945. The van der Waals surface area contributed by atoms with Crippen LogP contribution in [0.4, 0.5) is 0 Å². The molecule has 0 saturated heterocycles. The fraction of sp³-hybridized carbons (Fsp3) is 0.500. The molecule has 0 unspecified atom stereocenters. The van der Waals surface area contributed by atoms with E-state index >= 15 is 0 Å². The van der Waals surface area contributed by atoms with Gasteiger partial charge in [0.15, 0.2) is 0 Å². The Morgan fingerprint density at radius 2 is 1.21 bits per heavy atom. The summed E-state index contributed by atoms with van der Waals surface area (Å²) in [4.78, 5) is 45.8. The van der Waals surface area contributed by atoms with Gasteiger partial charge in [-0.05, 0) is 0 Å². The smallest absolute Gasteiger partial charge is 0.356 e. The molecule has 0 spiro atoms. The van der Waals surface area contributed by atoms with Crippen LogP contribution in [0.2, 0.25) is 0 Å². The van der Waals surface area contributed by atoms with Crippen molar-refractivity contribution < 1.29 is 29.4 Å². The first-order valence-corrected chi connectivity index (χ1v) is 2.91. The molecule has 0 aromatic rings. The molecule has 0 amide bonds. The van der Waals surface area contributed by atoms with E-state index < -0.39 is 22.1 Å². The van der Waals surface area contributed by atoms with Crippen molar-refractivity contribution >= 4 is 11.9 Å². The summed E-state index contributed by atoms with van der Waals surface area (Å²) in [6.45, 7) is 2.02. The molecular weight excluding hydrogens is 204 g/mol. The summed E-state index contributed by atoms with van der Waals surface area (Å²) < 4.78 is 0. The zero-order chi connectivity index (χ0) is 11.7. The molecular formula is C4H6N2O8. The number of rotatable bonds is 2. The van der Waals surface area contributed by atoms with Crippen LogP contribution in [0.3, 0.4) is 0 Å². The predicted molar refractivity (Wildman–Crippen MR) is 37.5 cm³/mol. The van der Waals surface area contributed by atoms with E-state index in [4.69, 9.17) is 15.3 Å². The Kier molecular flexibility index (Phi) is 7.54. The van der Waals surface area contributed by atoms with Gasteiger partial charge in [-0.1, -0.05) is 0 Å². The second-order valence-electron chi connectivity index (χ2n) is 1.61. The Bertz CT molecular complexity index is 226. The van der Waals surface area contributed by atoms with Crippen LogP contribution in [0.25, 0.3) is 0 Å². The van der Waals surface area contributed by atoms with Gasteiger partial charge in [0.1, 0.15) is 4.91 Å². The van der Waals surface area contributed by atoms with Crippen LogP contribution in [-0.2, 0) is 19.3 Å². The fourth-order valence-electron chi connectivity index (χ4n) is 0.229. The molecule has 0 aliphatic carbocycles. The van der Waals surface area contributed by atoms with E-state index in [1.165, 1.54) is 0 Å². The lowest BCUT2D eigenvalue weighted by Crippen LogP contribution is -2.16. The Balaban J connectivity index is 0. The lowest BCUT2D eigenvalue weighted by Gasteiger charge is -1.82. The SMILES string of the molecule is CC(=O)O[N+](=O)OC(C)=O.O=[N+]([O-])[O-]. The number of hydrogen-bond donors (Lipinski definition) is 0. The Hall–Kier alpha value is -2.26. The van der Waals surface area contributed by atoms with Gasteiger partial charge in [0.05, 0.1) is 5.09 Å². The molecule has 0 heterocycles. The molecule has 10 nitrogen and oxygen atoms in total.